The van der Waals surface area contributed by atoms with Crippen LogP contribution >= 0.6 is 0 Å². The van der Waals surface area contributed by atoms with E-state index in [0.29, 0.717) is 12.1 Å². The Balaban J connectivity index is 3.26. The van der Waals surface area contributed by atoms with Gasteiger partial charge in [0.25, 0.3) is 5.91 Å². The molecule has 0 saturated heterocycles. The number of benzene rings is 1. The summed E-state index contributed by atoms with van der Waals surface area (Å²) in [6.07, 6.45) is -10.7. The minimum Gasteiger partial charge on any atom is -0.369 e. The molecule has 1 aromatic carbocycles. The van der Waals surface area contributed by atoms with Crippen LogP contribution in [0.15, 0.2) is 18.2 Å². The Morgan fingerprint density at radius 2 is 1.70 bits per heavy atom. The van der Waals surface area contributed by atoms with Crippen LogP contribution in [0.2, 0.25) is 0 Å². The number of nitrogens with one attached hydrogen (secondary N) is 1. The predicted octanol–water partition coefficient (Wildman–Crippen LogP) is 2.58. The van der Waals surface area contributed by atoms with Crippen LogP contribution in [0.5, 0.6) is 0 Å². The predicted molar refractivity (Wildman–Crippen MR) is 67.1 cm³/mol. The number of halogens is 6. The van der Waals surface area contributed by atoms with Crippen molar-refractivity contribution in [2.24, 2.45) is 11.7 Å². The summed E-state index contributed by atoms with van der Waals surface area (Å²) in [5.74, 6) is -3.08. The lowest BCUT2D eigenvalue weighted by Crippen LogP contribution is -2.35. The molecule has 23 heavy (non-hydrogen) atoms. The van der Waals surface area contributed by atoms with Crippen LogP contribution in [0.1, 0.15) is 28.4 Å². The molecule has 0 heterocycles. The van der Waals surface area contributed by atoms with E-state index in [2.05, 4.69) is 0 Å². The van der Waals surface area contributed by atoms with Crippen molar-refractivity contribution < 1.29 is 35.9 Å². The highest BCUT2D eigenvalue weighted by molar-refractivity contribution is 5.96. The fourth-order valence-electron chi connectivity index (χ4n) is 1.72. The highest BCUT2D eigenvalue weighted by Gasteiger charge is 2.45. The van der Waals surface area contributed by atoms with Crippen LogP contribution in [0.3, 0.4) is 0 Å². The molecule has 0 saturated carbocycles. The zero-order chi connectivity index (χ0) is 18.0. The molecule has 2 amide bonds. The van der Waals surface area contributed by atoms with Gasteiger partial charge in [0.15, 0.2) is 0 Å². The minimum absolute atomic E-state index is 0.242. The van der Waals surface area contributed by atoms with Gasteiger partial charge in [0.05, 0.1) is 22.6 Å². The Bertz CT molecular complexity index is 609. The summed E-state index contributed by atoms with van der Waals surface area (Å²) >= 11 is 0. The molecule has 0 aliphatic rings. The van der Waals surface area contributed by atoms with Crippen molar-refractivity contribution in [1.29, 1.82) is 0 Å². The zero-order valence-corrected chi connectivity index (χ0v) is 11.7. The largest absolute Gasteiger partial charge is 0.417 e. The number of primary amides is 1. The quantitative estimate of drug-likeness (QED) is 0.826. The number of hydrogen-bond acceptors (Lipinski definition) is 2. The smallest absolute Gasteiger partial charge is 0.369 e. The molecule has 1 unspecified atom stereocenters. The zero-order valence-electron chi connectivity index (χ0n) is 11.7. The first-order valence-corrected chi connectivity index (χ1v) is 6.20. The van der Waals surface area contributed by atoms with Gasteiger partial charge in [-0.05, 0) is 12.1 Å². The van der Waals surface area contributed by atoms with E-state index < -0.39 is 53.3 Å². The second-order valence-electron chi connectivity index (χ2n) is 4.74. The van der Waals surface area contributed by atoms with Crippen LogP contribution in [0, 0.1) is 5.92 Å². The molecule has 0 spiro atoms. The number of hydrogen-bond donors (Lipinski definition) is 2. The van der Waals surface area contributed by atoms with Crippen LogP contribution in [-0.2, 0) is 17.1 Å². The van der Waals surface area contributed by atoms with Gasteiger partial charge in [-0.15, -0.1) is 0 Å². The van der Waals surface area contributed by atoms with Gasteiger partial charge < -0.3 is 11.1 Å². The second-order valence-corrected chi connectivity index (χ2v) is 4.74. The van der Waals surface area contributed by atoms with Crippen molar-refractivity contribution in [2.45, 2.75) is 19.3 Å². The van der Waals surface area contributed by atoms with E-state index in [1.165, 1.54) is 6.92 Å². The van der Waals surface area contributed by atoms with Crippen molar-refractivity contribution in [3.63, 3.8) is 0 Å². The van der Waals surface area contributed by atoms with Gasteiger partial charge in [-0.25, -0.2) is 0 Å². The third-order valence-corrected chi connectivity index (χ3v) is 2.95. The average Bonchev–Trinajstić information content (AvgIpc) is 2.41. The monoisotopic (exact) mass is 342 g/mol. The Labute approximate surface area is 126 Å². The second kappa shape index (κ2) is 6.47. The Hall–Kier alpha value is -2.26. The lowest BCUT2D eigenvalue weighted by atomic mass is 9.99. The van der Waals surface area contributed by atoms with E-state index in [1.807, 2.05) is 5.32 Å². The molecule has 10 heteroatoms. The van der Waals surface area contributed by atoms with Crippen molar-refractivity contribution in [3.05, 3.63) is 34.9 Å². The molecule has 4 nitrogen and oxygen atoms in total. The molecular formula is C13H12F6N2O2. The highest BCUT2D eigenvalue weighted by atomic mass is 19.4. The van der Waals surface area contributed by atoms with E-state index in [1.54, 1.807) is 0 Å². The molecule has 0 aliphatic carbocycles. The number of rotatable bonds is 4. The van der Waals surface area contributed by atoms with Gasteiger partial charge in [-0.1, -0.05) is 13.0 Å². The van der Waals surface area contributed by atoms with Gasteiger partial charge in [0.2, 0.25) is 5.91 Å². The van der Waals surface area contributed by atoms with E-state index in [4.69, 9.17) is 5.73 Å². The number of nitrogens with two attached hydrogens (primary N) is 1. The maximum Gasteiger partial charge on any atom is 0.417 e. The standard InChI is InChI=1S/C13H12F6N2O2/c1-6(10(20)22)5-21-11(23)7-3-2-4-8(12(14,15)16)9(7)13(17,18)19/h2-4,6H,5H2,1H3,(H2,20,22)(H,21,23). The Kier molecular flexibility index (Phi) is 5.28. The lowest BCUT2D eigenvalue weighted by Gasteiger charge is -2.19. The Morgan fingerprint density at radius 1 is 1.13 bits per heavy atom. The first-order chi connectivity index (χ1) is 10.4. The normalized spacial score (nSPS) is 13.5. The molecule has 128 valence electrons. The third-order valence-electron chi connectivity index (χ3n) is 2.95. The topological polar surface area (TPSA) is 72.2 Å². The maximum atomic E-state index is 13.0. The summed E-state index contributed by atoms with van der Waals surface area (Å²) in [7, 11) is 0. The van der Waals surface area contributed by atoms with Gasteiger partial charge >= 0.3 is 12.4 Å². The minimum atomic E-state index is -5.38. The molecule has 1 aromatic rings. The summed E-state index contributed by atoms with van der Waals surface area (Å²) in [6.45, 7) is 0.904. The molecule has 0 aromatic heterocycles. The molecule has 1 rings (SSSR count). The van der Waals surface area contributed by atoms with Crippen molar-refractivity contribution in [1.82, 2.24) is 5.32 Å². The molecule has 1 atom stereocenters. The van der Waals surface area contributed by atoms with Crippen LogP contribution in [-0.4, -0.2) is 18.4 Å². The number of carbonyl (C=O) groups excluding carboxylic acids is 2. The average molecular weight is 342 g/mol. The first-order valence-electron chi connectivity index (χ1n) is 6.20. The summed E-state index contributed by atoms with van der Waals surface area (Å²) in [4.78, 5) is 22.6. The number of alkyl halides is 6. The van der Waals surface area contributed by atoms with Crippen molar-refractivity contribution >= 4 is 11.8 Å². The summed E-state index contributed by atoms with van der Waals surface area (Å²) in [6, 6.07) is 1.57. The molecule has 0 radical (unpaired) electrons. The van der Waals surface area contributed by atoms with Gasteiger partial charge in [-0.3, -0.25) is 9.59 Å². The fraction of sp³-hybridized carbons (Fsp3) is 0.385. The maximum absolute atomic E-state index is 13.0. The summed E-state index contributed by atoms with van der Waals surface area (Å²) in [5.41, 5.74) is -0.285. The number of carbonyl (C=O) groups is 2. The van der Waals surface area contributed by atoms with Crippen LogP contribution in [0.4, 0.5) is 26.3 Å². The summed E-state index contributed by atoms with van der Waals surface area (Å²) < 4.78 is 77.2. The van der Waals surface area contributed by atoms with Crippen molar-refractivity contribution in [2.75, 3.05) is 6.54 Å². The van der Waals surface area contributed by atoms with E-state index in [0.717, 1.165) is 0 Å². The van der Waals surface area contributed by atoms with Crippen LogP contribution in [0.25, 0.3) is 0 Å². The molecule has 0 bridgehead atoms. The van der Waals surface area contributed by atoms with Gasteiger partial charge in [0.1, 0.15) is 0 Å². The number of amides is 2. The van der Waals surface area contributed by atoms with Crippen molar-refractivity contribution in [3.8, 4) is 0 Å². The fourth-order valence-corrected chi connectivity index (χ4v) is 1.72. The van der Waals surface area contributed by atoms with E-state index in [-0.39, 0.29) is 6.07 Å². The van der Waals surface area contributed by atoms with E-state index in [9.17, 15) is 35.9 Å². The molecular weight excluding hydrogens is 330 g/mol. The van der Waals surface area contributed by atoms with Gasteiger partial charge in [0, 0.05) is 6.54 Å². The molecule has 0 aliphatic heterocycles. The van der Waals surface area contributed by atoms with Crippen LogP contribution < -0.4 is 11.1 Å². The summed E-state index contributed by atoms with van der Waals surface area (Å²) in [5, 5.41) is 1.96. The lowest BCUT2D eigenvalue weighted by molar-refractivity contribution is -0.162. The highest BCUT2D eigenvalue weighted by Crippen LogP contribution is 2.41. The molecule has 0 fully saturated rings. The third kappa shape index (κ3) is 4.60. The SMILES string of the molecule is CC(CNC(=O)c1cccc(C(F)(F)F)c1C(F)(F)F)C(N)=O. The molecule has 3 N–H and O–H groups in total. The first kappa shape index (κ1) is 18.8. The van der Waals surface area contributed by atoms with Gasteiger partial charge in [-0.2, -0.15) is 26.3 Å². The Morgan fingerprint density at radius 3 is 2.13 bits per heavy atom. The van der Waals surface area contributed by atoms with E-state index >= 15 is 0 Å².